The number of benzene rings is 1. The Bertz CT molecular complexity index is 421. The molecule has 0 amide bonds. The Hall–Kier alpha value is -0.600. The van der Waals surface area contributed by atoms with Gasteiger partial charge in [0, 0.05) is 10.6 Å². The second-order valence-corrected chi connectivity index (χ2v) is 7.17. The number of halogens is 2. The number of hydrogen-bond donors (Lipinski definition) is 1. The summed E-state index contributed by atoms with van der Waals surface area (Å²) in [6.45, 7) is 6.42. The largest absolute Gasteiger partial charge is 0.316 e. The highest BCUT2D eigenvalue weighted by molar-refractivity contribution is 6.31. The van der Waals surface area contributed by atoms with Crippen LogP contribution in [-0.4, -0.2) is 13.1 Å². The summed E-state index contributed by atoms with van der Waals surface area (Å²) in [5.74, 6) is 1.68. The van der Waals surface area contributed by atoms with E-state index in [1.807, 2.05) is 0 Å². The zero-order valence-corrected chi connectivity index (χ0v) is 13.9. The van der Waals surface area contributed by atoms with Crippen molar-refractivity contribution in [2.24, 2.45) is 17.8 Å². The molecule has 1 aromatic carbocycles. The van der Waals surface area contributed by atoms with Gasteiger partial charge in [-0.15, -0.1) is 0 Å². The molecule has 0 aliphatic heterocycles. The van der Waals surface area contributed by atoms with Crippen molar-refractivity contribution in [1.29, 1.82) is 0 Å². The van der Waals surface area contributed by atoms with Crippen molar-refractivity contribution in [3.63, 3.8) is 0 Å². The molecule has 1 N–H and O–H groups in total. The van der Waals surface area contributed by atoms with Crippen LogP contribution in [0.15, 0.2) is 18.2 Å². The minimum atomic E-state index is -0.158. The number of nitrogens with one attached hydrogen (secondary N) is 1. The van der Waals surface area contributed by atoms with Gasteiger partial charge in [-0.1, -0.05) is 57.2 Å². The van der Waals surface area contributed by atoms with E-state index in [9.17, 15) is 4.39 Å². The summed E-state index contributed by atoms with van der Waals surface area (Å²) in [5.41, 5.74) is 0.697. The molecule has 3 heteroatoms. The van der Waals surface area contributed by atoms with Gasteiger partial charge < -0.3 is 5.32 Å². The fourth-order valence-corrected chi connectivity index (χ4v) is 3.62. The van der Waals surface area contributed by atoms with Gasteiger partial charge in [-0.3, -0.25) is 0 Å². The molecule has 1 aliphatic carbocycles. The minimum absolute atomic E-state index is 0.158. The maximum absolute atomic E-state index is 14.0. The summed E-state index contributed by atoms with van der Waals surface area (Å²) in [6.07, 6.45) is 5.94. The third-order valence-corrected chi connectivity index (χ3v) is 4.91. The standard InChI is InChI=1S/C18H27ClFN/c1-13(2)11-21-12-15(14-6-3-4-7-14)10-16-17(19)8-5-9-18(16)20/h5,8-9,13-15,21H,3-4,6-7,10-12H2,1-2H3. The van der Waals surface area contributed by atoms with Crippen molar-refractivity contribution in [2.45, 2.75) is 46.0 Å². The fraction of sp³-hybridized carbons (Fsp3) is 0.667. The van der Waals surface area contributed by atoms with Crippen LogP contribution in [-0.2, 0) is 6.42 Å². The molecule has 0 heterocycles. The van der Waals surface area contributed by atoms with E-state index in [2.05, 4.69) is 19.2 Å². The quantitative estimate of drug-likeness (QED) is 0.741. The van der Waals surface area contributed by atoms with E-state index < -0.39 is 0 Å². The molecule has 1 saturated carbocycles. The summed E-state index contributed by atoms with van der Waals surface area (Å²) in [6, 6.07) is 5.00. The van der Waals surface area contributed by atoms with E-state index in [0.29, 0.717) is 28.3 Å². The van der Waals surface area contributed by atoms with Gasteiger partial charge in [0.15, 0.2) is 0 Å². The summed E-state index contributed by atoms with van der Waals surface area (Å²) in [4.78, 5) is 0. The minimum Gasteiger partial charge on any atom is -0.316 e. The van der Waals surface area contributed by atoms with Crippen LogP contribution in [0.2, 0.25) is 5.02 Å². The van der Waals surface area contributed by atoms with Crippen molar-refractivity contribution in [2.75, 3.05) is 13.1 Å². The van der Waals surface area contributed by atoms with Gasteiger partial charge in [0.2, 0.25) is 0 Å². The zero-order chi connectivity index (χ0) is 15.2. The van der Waals surface area contributed by atoms with Crippen molar-refractivity contribution in [3.05, 3.63) is 34.6 Å². The molecule has 1 aromatic rings. The van der Waals surface area contributed by atoms with Gasteiger partial charge >= 0.3 is 0 Å². The maximum atomic E-state index is 14.0. The van der Waals surface area contributed by atoms with E-state index in [0.717, 1.165) is 19.5 Å². The van der Waals surface area contributed by atoms with Crippen molar-refractivity contribution >= 4 is 11.6 Å². The number of rotatable bonds is 7. The molecule has 1 nitrogen and oxygen atoms in total. The first kappa shape index (κ1) is 16.8. The lowest BCUT2D eigenvalue weighted by Crippen LogP contribution is -2.31. The van der Waals surface area contributed by atoms with Gasteiger partial charge in [-0.25, -0.2) is 4.39 Å². The van der Waals surface area contributed by atoms with Crippen LogP contribution in [0.1, 0.15) is 45.1 Å². The molecule has 0 spiro atoms. The smallest absolute Gasteiger partial charge is 0.127 e. The third kappa shape index (κ3) is 4.96. The van der Waals surface area contributed by atoms with Gasteiger partial charge in [-0.05, 0) is 49.4 Å². The molecular weight excluding hydrogens is 285 g/mol. The van der Waals surface area contributed by atoms with E-state index >= 15 is 0 Å². The van der Waals surface area contributed by atoms with Gasteiger partial charge in [0.05, 0.1) is 0 Å². The van der Waals surface area contributed by atoms with Crippen LogP contribution < -0.4 is 5.32 Å². The van der Waals surface area contributed by atoms with Crippen molar-refractivity contribution < 1.29 is 4.39 Å². The molecule has 1 unspecified atom stereocenters. The van der Waals surface area contributed by atoms with Crippen molar-refractivity contribution in [1.82, 2.24) is 5.32 Å². The third-order valence-electron chi connectivity index (χ3n) is 4.55. The Kier molecular flexibility index (Phi) is 6.50. The summed E-state index contributed by atoms with van der Waals surface area (Å²) >= 11 is 6.20. The average molecular weight is 312 g/mol. The number of hydrogen-bond acceptors (Lipinski definition) is 1. The summed E-state index contributed by atoms with van der Waals surface area (Å²) in [5, 5.41) is 4.13. The molecular formula is C18H27ClFN. The predicted octanol–water partition coefficient (Wildman–Crippen LogP) is 5.07. The Morgan fingerprint density at radius 3 is 2.57 bits per heavy atom. The first-order chi connectivity index (χ1) is 10.1. The second kappa shape index (κ2) is 8.14. The Morgan fingerprint density at radius 2 is 1.95 bits per heavy atom. The first-order valence-corrected chi connectivity index (χ1v) is 8.59. The normalized spacial score (nSPS) is 17.6. The average Bonchev–Trinajstić information content (AvgIpc) is 2.94. The van der Waals surface area contributed by atoms with Crippen LogP contribution in [0.25, 0.3) is 0 Å². The highest BCUT2D eigenvalue weighted by Crippen LogP contribution is 2.34. The van der Waals surface area contributed by atoms with E-state index in [4.69, 9.17) is 11.6 Å². The second-order valence-electron chi connectivity index (χ2n) is 6.76. The SMILES string of the molecule is CC(C)CNCC(Cc1c(F)cccc1Cl)C1CCCC1. The lowest BCUT2D eigenvalue weighted by atomic mass is 9.85. The lowest BCUT2D eigenvalue weighted by molar-refractivity contribution is 0.313. The van der Waals surface area contributed by atoms with Gasteiger partial charge in [0.25, 0.3) is 0 Å². The van der Waals surface area contributed by atoms with Gasteiger partial charge in [0.1, 0.15) is 5.82 Å². The van der Waals surface area contributed by atoms with E-state index in [1.54, 1.807) is 12.1 Å². The Balaban J connectivity index is 2.04. The summed E-state index contributed by atoms with van der Waals surface area (Å²) in [7, 11) is 0. The Labute approximate surface area is 133 Å². The highest BCUT2D eigenvalue weighted by Gasteiger charge is 2.26. The predicted molar refractivity (Wildman–Crippen MR) is 88.3 cm³/mol. The molecule has 0 bridgehead atoms. The van der Waals surface area contributed by atoms with Crippen LogP contribution in [0, 0.1) is 23.6 Å². The van der Waals surface area contributed by atoms with Gasteiger partial charge in [-0.2, -0.15) is 0 Å². The lowest BCUT2D eigenvalue weighted by Gasteiger charge is -2.25. The van der Waals surface area contributed by atoms with Crippen molar-refractivity contribution in [3.8, 4) is 0 Å². The van der Waals surface area contributed by atoms with Crippen LogP contribution in [0.3, 0.4) is 0 Å². The molecule has 1 fully saturated rings. The molecule has 2 rings (SSSR count). The molecule has 1 atom stereocenters. The van der Waals surface area contributed by atoms with Crippen LogP contribution in [0.5, 0.6) is 0 Å². The first-order valence-electron chi connectivity index (χ1n) is 8.21. The summed E-state index contributed by atoms with van der Waals surface area (Å²) < 4.78 is 14.0. The Morgan fingerprint density at radius 1 is 1.24 bits per heavy atom. The molecule has 1 aliphatic rings. The van der Waals surface area contributed by atoms with Crippen LogP contribution >= 0.6 is 11.6 Å². The topological polar surface area (TPSA) is 12.0 Å². The molecule has 0 aromatic heterocycles. The fourth-order valence-electron chi connectivity index (χ4n) is 3.38. The molecule has 0 saturated heterocycles. The van der Waals surface area contributed by atoms with Crippen LogP contribution in [0.4, 0.5) is 4.39 Å². The highest BCUT2D eigenvalue weighted by atomic mass is 35.5. The molecule has 118 valence electrons. The van der Waals surface area contributed by atoms with E-state index in [1.165, 1.54) is 31.7 Å². The molecule has 21 heavy (non-hydrogen) atoms. The monoisotopic (exact) mass is 311 g/mol. The maximum Gasteiger partial charge on any atom is 0.127 e. The van der Waals surface area contributed by atoms with E-state index in [-0.39, 0.29) is 5.82 Å². The molecule has 0 radical (unpaired) electrons. The zero-order valence-electron chi connectivity index (χ0n) is 13.2.